The van der Waals surface area contributed by atoms with Crippen LogP contribution in [0.5, 0.6) is 5.75 Å². The second-order valence-corrected chi connectivity index (χ2v) is 10.5. The van der Waals surface area contributed by atoms with Gasteiger partial charge >= 0.3 is 0 Å². The van der Waals surface area contributed by atoms with Crippen LogP contribution in [0.15, 0.2) is 36.7 Å². The van der Waals surface area contributed by atoms with E-state index in [4.69, 9.17) is 4.74 Å². The molecule has 0 bridgehead atoms. The van der Waals surface area contributed by atoms with Crippen molar-refractivity contribution in [2.45, 2.75) is 19.8 Å². The number of nitrogens with one attached hydrogen (secondary N) is 3. The summed E-state index contributed by atoms with van der Waals surface area (Å²) in [6, 6.07) is 7.87. The third-order valence-corrected chi connectivity index (χ3v) is 5.96. The molecule has 2 atom stereocenters. The van der Waals surface area contributed by atoms with E-state index in [0.29, 0.717) is 48.0 Å². The van der Waals surface area contributed by atoms with Crippen molar-refractivity contribution in [1.82, 2.24) is 15.3 Å². The fourth-order valence-corrected chi connectivity index (χ4v) is 4.46. The van der Waals surface area contributed by atoms with Crippen molar-refractivity contribution in [1.29, 1.82) is 0 Å². The maximum Gasteiger partial charge on any atom is 0.220 e. The number of piperidine rings is 1. The number of halogens is 1. The summed E-state index contributed by atoms with van der Waals surface area (Å²) >= 11 is 0. The summed E-state index contributed by atoms with van der Waals surface area (Å²) in [5.41, 5.74) is 2.71. The quantitative estimate of drug-likeness (QED) is 0.456. The van der Waals surface area contributed by atoms with Gasteiger partial charge in [0, 0.05) is 52.0 Å². The Morgan fingerprint density at radius 2 is 2.12 bits per heavy atom. The van der Waals surface area contributed by atoms with Crippen LogP contribution in [0.3, 0.4) is 0 Å². The highest BCUT2D eigenvalue weighted by Crippen LogP contribution is 2.33. The molecule has 0 saturated carbocycles. The molecule has 1 amide bonds. The normalized spacial score (nSPS) is 17.8. The molecule has 10 heteroatoms. The van der Waals surface area contributed by atoms with E-state index in [2.05, 4.69) is 31.2 Å². The van der Waals surface area contributed by atoms with Crippen LogP contribution in [0, 0.1) is 18.7 Å². The molecule has 33 heavy (non-hydrogen) atoms. The van der Waals surface area contributed by atoms with Crippen LogP contribution in [0.25, 0.3) is 10.9 Å². The number of amides is 1. The summed E-state index contributed by atoms with van der Waals surface area (Å²) in [6.07, 6.45) is 4.15. The number of anilines is 3. The molecule has 1 aromatic heterocycles. The number of rotatable bonds is 7. The Hall–Kier alpha value is -3.40. The fraction of sp³-hybridized carbons (Fsp3) is 0.304. The third-order valence-electron chi connectivity index (χ3n) is 5.29. The Morgan fingerprint density at radius 1 is 1.30 bits per heavy atom. The zero-order valence-corrected chi connectivity index (χ0v) is 19.3. The van der Waals surface area contributed by atoms with Crippen LogP contribution in [0.1, 0.15) is 18.4 Å². The second kappa shape index (κ2) is 9.22. The summed E-state index contributed by atoms with van der Waals surface area (Å²) in [7, 11) is -2.44. The van der Waals surface area contributed by atoms with E-state index in [-0.39, 0.29) is 11.8 Å². The van der Waals surface area contributed by atoms with Crippen molar-refractivity contribution < 1.29 is 18.1 Å². The zero-order chi connectivity index (χ0) is 23.6. The Balaban J connectivity index is 1.62. The van der Waals surface area contributed by atoms with Crippen LogP contribution >= 0.6 is 0 Å². The number of aromatic nitrogens is 2. The van der Waals surface area contributed by atoms with Crippen LogP contribution in [-0.2, 0) is 14.5 Å². The number of carbonyl (C=O) groups is 1. The first-order valence-electron chi connectivity index (χ1n) is 10.5. The number of hydrogen-bond donors (Lipinski definition) is 3. The lowest BCUT2D eigenvalue weighted by Crippen LogP contribution is -2.35. The number of hydrogen-bond acceptors (Lipinski definition) is 6. The van der Waals surface area contributed by atoms with E-state index < -0.39 is 15.5 Å². The number of carbonyl (C=O) groups excluding carboxylic acids is 1. The first-order chi connectivity index (χ1) is 15.7. The largest absolute Gasteiger partial charge is 0.491 e. The minimum Gasteiger partial charge on any atom is -0.491 e. The topological polar surface area (TPSA) is 105 Å². The van der Waals surface area contributed by atoms with Gasteiger partial charge < -0.3 is 20.1 Å². The van der Waals surface area contributed by atoms with E-state index in [9.17, 15) is 13.4 Å². The van der Waals surface area contributed by atoms with E-state index in [1.807, 2.05) is 13.0 Å². The van der Waals surface area contributed by atoms with E-state index >= 15 is 0 Å². The molecule has 174 valence electrons. The maximum atomic E-state index is 14.0. The zero-order valence-electron chi connectivity index (χ0n) is 18.5. The Bertz CT molecular complexity index is 1310. The van der Waals surface area contributed by atoms with Gasteiger partial charge in [0.2, 0.25) is 5.91 Å². The first-order valence-corrected chi connectivity index (χ1v) is 12.6. The van der Waals surface area contributed by atoms with E-state index in [1.165, 1.54) is 24.7 Å². The van der Waals surface area contributed by atoms with Crippen molar-refractivity contribution in [2.24, 2.45) is 5.92 Å². The van der Waals surface area contributed by atoms with Crippen molar-refractivity contribution in [2.75, 3.05) is 29.4 Å². The summed E-state index contributed by atoms with van der Waals surface area (Å²) in [5, 5.41) is 6.81. The lowest BCUT2D eigenvalue weighted by atomic mass is 9.99. The molecule has 0 aliphatic carbocycles. The highest BCUT2D eigenvalue weighted by molar-refractivity contribution is 8.00. The number of benzene rings is 2. The maximum absolute atomic E-state index is 14.0. The number of ether oxygens (including phenoxy) is 1. The standard InChI is InChI=1S/C23H26FN5O3S/c1-14-8-17(29-33(2,3)31)11-19-22(14)23(27-13-26-19)28-18-5-4-16(24)10-20(18)32-12-15-6-7-25-21(30)9-15/h4-5,8,10-11,13,15H,2,6-7,9,12H2,1,3H3,(H,25,30)(H,29,31)(H,26,27,28). The summed E-state index contributed by atoms with van der Waals surface area (Å²) in [4.78, 5) is 20.3. The SMILES string of the molecule is C=S(C)(=O)Nc1cc(C)c2c(Nc3ccc(F)cc3OCC3CCNC(=O)C3)ncnc2c1. The molecule has 2 aromatic carbocycles. The molecular formula is C23H26FN5O3S. The average Bonchev–Trinajstić information content (AvgIpc) is 2.72. The van der Waals surface area contributed by atoms with Gasteiger partial charge in [0.25, 0.3) is 0 Å². The third kappa shape index (κ3) is 5.70. The van der Waals surface area contributed by atoms with Gasteiger partial charge in [-0.2, -0.15) is 0 Å². The lowest BCUT2D eigenvalue weighted by Gasteiger charge is -2.23. The summed E-state index contributed by atoms with van der Waals surface area (Å²) in [6.45, 7) is 2.83. The van der Waals surface area contributed by atoms with Crippen molar-refractivity contribution in [3.05, 3.63) is 48.0 Å². The molecular weight excluding hydrogens is 445 g/mol. The highest BCUT2D eigenvalue weighted by atomic mass is 32.2. The summed E-state index contributed by atoms with van der Waals surface area (Å²) in [5.74, 6) is 4.15. The van der Waals surface area contributed by atoms with Crippen molar-refractivity contribution >= 4 is 49.6 Å². The van der Waals surface area contributed by atoms with E-state index in [1.54, 1.807) is 12.1 Å². The van der Waals surface area contributed by atoms with Crippen LogP contribution in [0.2, 0.25) is 0 Å². The fourth-order valence-electron chi connectivity index (χ4n) is 3.84. The first kappa shape index (κ1) is 22.8. The van der Waals surface area contributed by atoms with Gasteiger partial charge in [0.1, 0.15) is 23.7 Å². The summed E-state index contributed by atoms with van der Waals surface area (Å²) < 4.78 is 34.8. The van der Waals surface area contributed by atoms with Crippen LogP contribution in [-0.4, -0.2) is 45.4 Å². The molecule has 1 aliphatic rings. The van der Waals surface area contributed by atoms with Crippen LogP contribution in [0.4, 0.5) is 21.6 Å². The molecule has 2 unspecified atom stereocenters. The monoisotopic (exact) mass is 471 g/mol. The van der Waals surface area contributed by atoms with Crippen molar-refractivity contribution in [3.8, 4) is 5.75 Å². The van der Waals surface area contributed by atoms with Gasteiger partial charge in [0.05, 0.1) is 17.8 Å². The van der Waals surface area contributed by atoms with Gasteiger partial charge in [0.15, 0.2) is 0 Å². The molecule has 3 N–H and O–H groups in total. The van der Waals surface area contributed by atoms with Gasteiger partial charge in [-0.15, -0.1) is 0 Å². The van der Waals surface area contributed by atoms with Gasteiger partial charge in [-0.25, -0.2) is 18.6 Å². The molecule has 0 radical (unpaired) electrons. The second-order valence-electron chi connectivity index (χ2n) is 8.30. The van der Waals surface area contributed by atoms with Gasteiger partial charge in [-0.3, -0.25) is 4.79 Å². The van der Waals surface area contributed by atoms with Crippen LogP contribution < -0.4 is 20.1 Å². The average molecular weight is 472 g/mol. The lowest BCUT2D eigenvalue weighted by molar-refractivity contribution is -0.123. The van der Waals surface area contributed by atoms with Crippen molar-refractivity contribution in [3.63, 3.8) is 0 Å². The number of aryl methyl sites for hydroxylation is 1. The molecule has 1 saturated heterocycles. The smallest absolute Gasteiger partial charge is 0.220 e. The Kier molecular flexibility index (Phi) is 6.37. The Morgan fingerprint density at radius 3 is 2.88 bits per heavy atom. The molecule has 1 fully saturated rings. The van der Waals surface area contributed by atoms with Gasteiger partial charge in [-0.1, -0.05) is 0 Å². The minimum atomic E-state index is -2.44. The van der Waals surface area contributed by atoms with E-state index in [0.717, 1.165) is 17.4 Å². The highest BCUT2D eigenvalue weighted by Gasteiger charge is 2.20. The molecule has 1 aliphatic heterocycles. The molecule has 2 heterocycles. The minimum absolute atomic E-state index is 0.00183. The predicted octanol–water partition coefficient (Wildman–Crippen LogP) is 3.40. The molecule has 0 spiro atoms. The van der Waals surface area contributed by atoms with Gasteiger partial charge in [-0.05, 0) is 49.0 Å². The molecule has 4 rings (SSSR count). The predicted molar refractivity (Wildman–Crippen MR) is 130 cm³/mol. The number of nitrogens with zero attached hydrogens (tertiary/aromatic N) is 2. The molecule has 3 aromatic rings. The Labute approximate surface area is 192 Å². The number of fused-ring (bicyclic) bond motifs is 1. The molecule has 8 nitrogen and oxygen atoms in total.